The number of nitrogens with zero attached hydrogens (tertiary/aromatic N) is 2. The van der Waals surface area contributed by atoms with E-state index in [1.165, 1.54) is 22.4 Å². The quantitative estimate of drug-likeness (QED) is 0.616. The predicted octanol–water partition coefficient (Wildman–Crippen LogP) is 4.64. The Bertz CT molecular complexity index is 887. The highest BCUT2D eigenvalue weighted by atomic mass is 35.5. The van der Waals surface area contributed by atoms with Gasteiger partial charge in [0.05, 0.1) is 18.8 Å². The Hall–Kier alpha value is -2.14. The van der Waals surface area contributed by atoms with Crippen LogP contribution in [0.1, 0.15) is 33.6 Å². The van der Waals surface area contributed by atoms with Crippen molar-refractivity contribution in [3.63, 3.8) is 0 Å². The molecule has 1 N–H and O–H groups in total. The van der Waals surface area contributed by atoms with E-state index in [2.05, 4.69) is 43.4 Å². The van der Waals surface area contributed by atoms with E-state index in [9.17, 15) is 0 Å². The lowest BCUT2D eigenvalue weighted by Crippen LogP contribution is -2.14. The van der Waals surface area contributed by atoms with E-state index < -0.39 is 0 Å². The molecule has 0 bridgehead atoms. The average molecular weight is 384 g/mol. The largest absolute Gasteiger partial charge is 0.380 e. The highest BCUT2D eigenvalue weighted by molar-refractivity contribution is 6.31. The van der Waals surface area contributed by atoms with Crippen LogP contribution in [0.3, 0.4) is 0 Å². The number of aryl methyl sites for hydroxylation is 1. The molecule has 2 aromatic carbocycles. The van der Waals surface area contributed by atoms with E-state index >= 15 is 0 Å². The van der Waals surface area contributed by atoms with Crippen molar-refractivity contribution >= 4 is 11.6 Å². The molecule has 27 heavy (non-hydrogen) atoms. The van der Waals surface area contributed by atoms with Crippen LogP contribution in [-0.4, -0.2) is 16.9 Å². The second-order valence-corrected chi connectivity index (χ2v) is 7.16. The van der Waals surface area contributed by atoms with Crippen LogP contribution in [0.15, 0.2) is 48.5 Å². The van der Waals surface area contributed by atoms with Gasteiger partial charge >= 0.3 is 0 Å². The van der Waals surface area contributed by atoms with Gasteiger partial charge in [-0.15, -0.1) is 0 Å². The second kappa shape index (κ2) is 9.18. The Morgan fingerprint density at radius 1 is 1.00 bits per heavy atom. The van der Waals surface area contributed by atoms with Crippen LogP contribution < -0.4 is 5.32 Å². The van der Waals surface area contributed by atoms with Crippen LogP contribution in [0.2, 0.25) is 5.02 Å². The number of nitrogens with one attached hydrogen (secondary N) is 1. The average Bonchev–Trinajstić information content (AvgIpc) is 2.92. The summed E-state index contributed by atoms with van der Waals surface area (Å²) in [5.41, 5.74) is 7.01. The topological polar surface area (TPSA) is 39.1 Å². The molecule has 0 spiro atoms. The molecule has 0 aliphatic heterocycles. The van der Waals surface area contributed by atoms with Gasteiger partial charge in [0.1, 0.15) is 0 Å². The summed E-state index contributed by atoms with van der Waals surface area (Å²) in [6.45, 7) is 7.13. The van der Waals surface area contributed by atoms with Crippen LogP contribution in [0.25, 0.3) is 0 Å². The van der Waals surface area contributed by atoms with Crippen molar-refractivity contribution in [2.24, 2.45) is 0 Å². The van der Waals surface area contributed by atoms with Crippen LogP contribution in [0, 0.1) is 13.8 Å². The van der Waals surface area contributed by atoms with E-state index in [1.807, 2.05) is 28.9 Å². The minimum atomic E-state index is 0.650. The van der Waals surface area contributed by atoms with Gasteiger partial charge in [0.25, 0.3) is 0 Å². The number of benzene rings is 2. The first-order valence-corrected chi connectivity index (χ1v) is 9.50. The van der Waals surface area contributed by atoms with E-state index in [0.717, 1.165) is 29.4 Å². The van der Waals surface area contributed by atoms with Gasteiger partial charge in [-0.05, 0) is 36.6 Å². The normalized spacial score (nSPS) is 11.1. The molecule has 0 saturated carbocycles. The van der Waals surface area contributed by atoms with Crippen LogP contribution in [0.4, 0.5) is 0 Å². The molecule has 0 saturated heterocycles. The maximum atomic E-state index is 6.29. The zero-order chi connectivity index (χ0) is 19.2. The summed E-state index contributed by atoms with van der Waals surface area (Å²) >= 11 is 6.29. The fraction of sp³-hybridized carbons (Fsp3) is 0.318. The van der Waals surface area contributed by atoms with Gasteiger partial charge < -0.3 is 10.1 Å². The first kappa shape index (κ1) is 19.6. The summed E-state index contributed by atoms with van der Waals surface area (Å²) in [6, 6.07) is 16.4. The highest BCUT2D eigenvalue weighted by Crippen LogP contribution is 2.19. The van der Waals surface area contributed by atoms with Gasteiger partial charge in [-0.1, -0.05) is 54.1 Å². The number of hydrogen-bond donors (Lipinski definition) is 1. The molecule has 1 heterocycles. The van der Waals surface area contributed by atoms with Crippen molar-refractivity contribution in [3.8, 4) is 0 Å². The molecule has 1 aromatic heterocycles. The molecule has 0 amide bonds. The Labute approximate surface area is 166 Å². The van der Waals surface area contributed by atoms with E-state index in [1.54, 1.807) is 7.11 Å². The highest BCUT2D eigenvalue weighted by Gasteiger charge is 2.12. The Kier molecular flexibility index (Phi) is 6.67. The lowest BCUT2D eigenvalue weighted by molar-refractivity contribution is 0.185. The molecule has 0 aliphatic carbocycles. The minimum absolute atomic E-state index is 0.650. The molecule has 3 aromatic rings. The molecule has 0 aliphatic rings. The maximum absolute atomic E-state index is 6.29. The van der Waals surface area contributed by atoms with Gasteiger partial charge in [-0.3, -0.25) is 4.68 Å². The zero-order valence-electron chi connectivity index (χ0n) is 16.1. The standard InChI is InChI=1S/C22H26ClN3O/c1-16-21(13-24-12-18-8-10-19(11-9-18)15-27-3)17(2)26(25-16)14-20-6-4-5-7-22(20)23/h4-11,24H,12-15H2,1-3H3. The summed E-state index contributed by atoms with van der Waals surface area (Å²) < 4.78 is 7.19. The van der Waals surface area contributed by atoms with Crippen molar-refractivity contribution in [1.29, 1.82) is 0 Å². The van der Waals surface area contributed by atoms with Gasteiger partial charge in [-0.2, -0.15) is 5.10 Å². The first-order valence-electron chi connectivity index (χ1n) is 9.12. The van der Waals surface area contributed by atoms with Crippen molar-refractivity contribution in [1.82, 2.24) is 15.1 Å². The molecule has 0 unspecified atom stereocenters. The molecular formula is C22H26ClN3O. The number of halogens is 1. The lowest BCUT2D eigenvalue weighted by Gasteiger charge is -2.09. The van der Waals surface area contributed by atoms with Gasteiger partial charge in [-0.25, -0.2) is 0 Å². The number of hydrogen-bond acceptors (Lipinski definition) is 3. The third-order valence-electron chi connectivity index (χ3n) is 4.77. The Morgan fingerprint density at radius 3 is 2.41 bits per heavy atom. The SMILES string of the molecule is COCc1ccc(CNCc2c(C)nn(Cc3ccccc3Cl)c2C)cc1. The van der Waals surface area contributed by atoms with E-state index in [4.69, 9.17) is 21.4 Å². The summed E-state index contributed by atoms with van der Waals surface area (Å²) in [4.78, 5) is 0. The molecule has 3 rings (SSSR count). The fourth-order valence-electron chi connectivity index (χ4n) is 3.18. The molecular weight excluding hydrogens is 358 g/mol. The van der Waals surface area contributed by atoms with Gasteiger partial charge in [0, 0.05) is 36.5 Å². The van der Waals surface area contributed by atoms with Crippen molar-refractivity contribution < 1.29 is 4.74 Å². The van der Waals surface area contributed by atoms with Gasteiger partial charge in [0.15, 0.2) is 0 Å². The number of rotatable bonds is 8. The van der Waals surface area contributed by atoms with Crippen LogP contribution in [0.5, 0.6) is 0 Å². The molecule has 142 valence electrons. The Balaban J connectivity index is 1.62. The van der Waals surface area contributed by atoms with Gasteiger partial charge in [0.2, 0.25) is 0 Å². The van der Waals surface area contributed by atoms with Crippen molar-refractivity contribution in [2.75, 3.05) is 7.11 Å². The minimum Gasteiger partial charge on any atom is -0.380 e. The fourth-order valence-corrected chi connectivity index (χ4v) is 3.38. The first-order chi connectivity index (χ1) is 13.1. The summed E-state index contributed by atoms with van der Waals surface area (Å²) in [6.07, 6.45) is 0. The van der Waals surface area contributed by atoms with Crippen LogP contribution in [-0.2, 0) is 31.0 Å². The summed E-state index contributed by atoms with van der Waals surface area (Å²) in [7, 11) is 1.71. The summed E-state index contributed by atoms with van der Waals surface area (Å²) in [5, 5.41) is 9.02. The predicted molar refractivity (Wildman–Crippen MR) is 110 cm³/mol. The molecule has 0 fully saturated rings. The maximum Gasteiger partial charge on any atom is 0.0713 e. The molecule has 4 nitrogen and oxygen atoms in total. The third-order valence-corrected chi connectivity index (χ3v) is 5.14. The monoisotopic (exact) mass is 383 g/mol. The molecule has 0 radical (unpaired) electrons. The zero-order valence-corrected chi connectivity index (χ0v) is 16.9. The third kappa shape index (κ3) is 4.98. The number of ether oxygens (including phenoxy) is 1. The van der Waals surface area contributed by atoms with Crippen molar-refractivity contribution in [3.05, 3.63) is 87.2 Å². The van der Waals surface area contributed by atoms with E-state index in [0.29, 0.717) is 13.2 Å². The lowest BCUT2D eigenvalue weighted by atomic mass is 10.1. The smallest absolute Gasteiger partial charge is 0.0713 e. The Morgan fingerprint density at radius 2 is 1.70 bits per heavy atom. The molecule has 5 heteroatoms. The number of aromatic nitrogens is 2. The van der Waals surface area contributed by atoms with E-state index in [-0.39, 0.29) is 0 Å². The summed E-state index contributed by atoms with van der Waals surface area (Å²) in [5.74, 6) is 0. The second-order valence-electron chi connectivity index (χ2n) is 6.75. The number of methoxy groups -OCH3 is 1. The van der Waals surface area contributed by atoms with Crippen molar-refractivity contribution in [2.45, 2.75) is 40.1 Å². The van der Waals surface area contributed by atoms with Crippen LogP contribution >= 0.6 is 11.6 Å². The molecule has 0 atom stereocenters.